The Hall–Kier alpha value is -1.68. The molecule has 1 aromatic carbocycles. The fourth-order valence-electron chi connectivity index (χ4n) is 4.35. The van der Waals surface area contributed by atoms with Crippen molar-refractivity contribution in [2.45, 2.75) is 50.0 Å². The maximum absolute atomic E-state index is 12.9. The Balaban J connectivity index is 1.63. The first kappa shape index (κ1) is 24.0. The van der Waals surface area contributed by atoms with Gasteiger partial charge in [-0.1, -0.05) is 13.3 Å². The summed E-state index contributed by atoms with van der Waals surface area (Å²) in [6.45, 7) is 6.48. The summed E-state index contributed by atoms with van der Waals surface area (Å²) in [4.78, 5) is 17.1. The van der Waals surface area contributed by atoms with Crippen molar-refractivity contribution in [1.82, 2.24) is 14.5 Å². The van der Waals surface area contributed by atoms with E-state index in [-0.39, 0.29) is 16.4 Å². The molecule has 0 bridgehead atoms. The Bertz CT molecular complexity index is 840. The average Bonchev–Trinajstić information content (AvgIpc) is 2.81. The average molecular weight is 454 g/mol. The van der Waals surface area contributed by atoms with Gasteiger partial charge in [0, 0.05) is 25.7 Å². The van der Waals surface area contributed by atoms with Gasteiger partial charge in [-0.2, -0.15) is 0 Å². The molecule has 1 aromatic rings. The fourth-order valence-corrected chi connectivity index (χ4v) is 5.45. The zero-order valence-electron chi connectivity index (χ0n) is 18.6. The number of nitrogens with one attached hydrogen (secondary N) is 1. The van der Waals surface area contributed by atoms with E-state index in [1.165, 1.54) is 38.5 Å². The molecular weight excluding hydrogens is 418 g/mol. The highest BCUT2D eigenvalue weighted by Gasteiger charge is 2.25. The summed E-state index contributed by atoms with van der Waals surface area (Å²) in [5.41, 5.74) is 0.256. The van der Waals surface area contributed by atoms with Crippen molar-refractivity contribution in [3.63, 3.8) is 0 Å². The molecule has 2 saturated heterocycles. The Morgan fingerprint density at radius 1 is 1.23 bits per heavy atom. The topological polar surface area (TPSA) is 88.2 Å². The van der Waals surface area contributed by atoms with Crippen molar-refractivity contribution in [3.8, 4) is 5.75 Å². The van der Waals surface area contributed by atoms with Gasteiger partial charge in [0.1, 0.15) is 5.75 Å². The molecule has 31 heavy (non-hydrogen) atoms. The molecule has 1 N–H and O–H groups in total. The lowest BCUT2D eigenvalue weighted by Gasteiger charge is -2.35. The smallest absolute Gasteiger partial charge is 0.257 e. The Morgan fingerprint density at radius 2 is 2.00 bits per heavy atom. The lowest BCUT2D eigenvalue weighted by Crippen LogP contribution is -2.41. The number of carbonyl (C=O) groups is 1. The molecule has 1 atom stereocenters. The van der Waals surface area contributed by atoms with E-state index in [9.17, 15) is 13.2 Å². The van der Waals surface area contributed by atoms with Crippen molar-refractivity contribution in [1.29, 1.82) is 0 Å². The number of sulfonamides is 1. The van der Waals surface area contributed by atoms with Gasteiger partial charge in [-0.25, -0.2) is 13.1 Å². The minimum atomic E-state index is -3.71. The van der Waals surface area contributed by atoms with Gasteiger partial charge < -0.3 is 19.3 Å². The van der Waals surface area contributed by atoms with Gasteiger partial charge >= 0.3 is 0 Å². The highest BCUT2D eigenvalue weighted by molar-refractivity contribution is 7.89. The largest absolute Gasteiger partial charge is 0.496 e. The van der Waals surface area contributed by atoms with E-state index >= 15 is 0 Å². The first-order valence-electron chi connectivity index (χ1n) is 11.2. The van der Waals surface area contributed by atoms with Crippen LogP contribution >= 0.6 is 0 Å². The summed E-state index contributed by atoms with van der Waals surface area (Å²) >= 11 is 0. The second-order valence-electron chi connectivity index (χ2n) is 8.11. The van der Waals surface area contributed by atoms with Gasteiger partial charge in [0.15, 0.2) is 0 Å². The number of likely N-dealkylation sites (tertiary alicyclic amines) is 1. The molecular formula is C22H35N3O5S. The fraction of sp³-hybridized carbons (Fsp3) is 0.682. The van der Waals surface area contributed by atoms with Crippen molar-refractivity contribution < 1.29 is 22.7 Å². The molecule has 2 heterocycles. The number of hydrogen-bond acceptors (Lipinski definition) is 6. The van der Waals surface area contributed by atoms with Gasteiger partial charge in [-0.05, 0) is 57.0 Å². The van der Waals surface area contributed by atoms with E-state index in [0.717, 1.165) is 25.9 Å². The number of amides is 1. The molecule has 0 radical (unpaired) electrons. The predicted molar refractivity (Wildman–Crippen MR) is 119 cm³/mol. The molecule has 0 saturated carbocycles. The van der Waals surface area contributed by atoms with E-state index in [1.807, 2.05) is 0 Å². The van der Waals surface area contributed by atoms with Gasteiger partial charge in [0.2, 0.25) is 10.0 Å². The van der Waals surface area contributed by atoms with Crippen molar-refractivity contribution in [2.75, 3.05) is 53.0 Å². The molecule has 174 valence electrons. The third kappa shape index (κ3) is 6.19. The lowest BCUT2D eigenvalue weighted by molar-refractivity contribution is 0.0300. The number of rotatable bonds is 9. The standard InChI is InChI=1S/C22H35N3O5S/c1-3-18-7-4-5-11-24(18)12-6-10-23-31(27,28)19-8-9-21(29-2)20(17-19)22(26)25-13-15-30-16-14-25/h8-9,17-18,23H,3-7,10-16H2,1-2H3/t18-/m1/s1. The maximum Gasteiger partial charge on any atom is 0.257 e. The number of ether oxygens (including phenoxy) is 2. The Kier molecular flexibility index (Phi) is 8.71. The van der Waals surface area contributed by atoms with Crippen LogP contribution in [0.2, 0.25) is 0 Å². The van der Waals surface area contributed by atoms with Crippen molar-refractivity contribution >= 4 is 15.9 Å². The summed E-state index contributed by atoms with van der Waals surface area (Å²) in [5.74, 6) is 0.124. The van der Waals surface area contributed by atoms with Crippen LogP contribution in [-0.2, 0) is 14.8 Å². The van der Waals surface area contributed by atoms with Crippen LogP contribution in [0.4, 0.5) is 0 Å². The van der Waals surface area contributed by atoms with Crippen LogP contribution in [0, 0.1) is 0 Å². The molecule has 2 fully saturated rings. The molecule has 8 nitrogen and oxygen atoms in total. The van der Waals surface area contributed by atoms with Gasteiger partial charge in [-0.15, -0.1) is 0 Å². The predicted octanol–water partition coefficient (Wildman–Crippen LogP) is 2.10. The summed E-state index contributed by atoms with van der Waals surface area (Å²) in [6, 6.07) is 5.05. The zero-order valence-corrected chi connectivity index (χ0v) is 19.5. The van der Waals surface area contributed by atoms with Crippen molar-refractivity contribution in [2.24, 2.45) is 0 Å². The maximum atomic E-state index is 12.9. The second kappa shape index (κ2) is 11.3. The van der Waals surface area contributed by atoms with Crippen LogP contribution < -0.4 is 9.46 Å². The summed E-state index contributed by atoms with van der Waals surface area (Å²) in [7, 11) is -2.24. The molecule has 9 heteroatoms. The van der Waals surface area contributed by atoms with Crippen LogP contribution in [0.15, 0.2) is 23.1 Å². The SMILES string of the molecule is CC[C@@H]1CCCCN1CCCNS(=O)(=O)c1ccc(OC)c(C(=O)N2CCOCC2)c1. The van der Waals surface area contributed by atoms with Crippen molar-refractivity contribution in [3.05, 3.63) is 23.8 Å². The third-order valence-corrected chi connectivity index (χ3v) is 7.60. The molecule has 2 aliphatic rings. The number of piperidine rings is 1. The first-order chi connectivity index (χ1) is 15.0. The van der Waals surface area contributed by atoms with E-state index < -0.39 is 10.0 Å². The Morgan fingerprint density at radius 3 is 2.71 bits per heavy atom. The number of benzene rings is 1. The number of methoxy groups -OCH3 is 1. The highest BCUT2D eigenvalue weighted by Crippen LogP contribution is 2.24. The van der Waals surface area contributed by atoms with Crippen LogP contribution in [0.1, 0.15) is 49.4 Å². The lowest BCUT2D eigenvalue weighted by atomic mass is 10.00. The molecule has 0 aromatic heterocycles. The third-order valence-electron chi connectivity index (χ3n) is 6.14. The quantitative estimate of drug-likeness (QED) is 0.576. The van der Waals surface area contributed by atoms with Crippen LogP contribution in [-0.4, -0.2) is 83.2 Å². The number of morpholine rings is 1. The second-order valence-corrected chi connectivity index (χ2v) is 9.88. The summed E-state index contributed by atoms with van der Waals surface area (Å²) in [6.07, 6.45) is 5.62. The number of nitrogens with zero attached hydrogens (tertiary/aromatic N) is 2. The van der Waals surface area contributed by atoms with Gasteiger partial charge in [0.25, 0.3) is 5.91 Å². The summed E-state index contributed by atoms with van der Waals surface area (Å²) in [5, 5.41) is 0. The van der Waals surface area contributed by atoms with Crippen LogP contribution in [0.5, 0.6) is 5.75 Å². The van der Waals surface area contributed by atoms with E-state index in [2.05, 4.69) is 16.5 Å². The number of hydrogen-bond donors (Lipinski definition) is 1. The molecule has 0 unspecified atom stereocenters. The minimum absolute atomic E-state index is 0.0781. The monoisotopic (exact) mass is 453 g/mol. The molecule has 0 aliphatic carbocycles. The van der Waals surface area contributed by atoms with Crippen LogP contribution in [0.3, 0.4) is 0 Å². The van der Waals surface area contributed by atoms with E-state index in [1.54, 1.807) is 11.0 Å². The molecule has 3 rings (SSSR count). The Labute approximate surface area is 185 Å². The number of carbonyl (C=O) groups excluding carboxylic acids is 1. The first-order valence-corrected chi connectivity index (χ1v) is 12.7. The zero-order chi connectivity index (χ0) is 22.3. The highest BCUT2D eigenvalue weighted by atomic mass is 32.2. The van der Waals surface area contributed by atoms with Gasteiger partial charge in [-0.3, -0.25) is 4.79 Å². The molecule has 1 amide bonds. The van der Waals surface area contributed by atoms with Gasteiger partial charge in [0.05, 0.1) is 30.8 Å². The normalized spacial score (nSPS) is 20.6. The summed E-state index contributed by atoms with van der Waals surface area (Å²) < 4.78 is 39.0. The minimum Gasteiger partial charge on any atom is -0.496 e. The molecule has 0 spiro atoms. The van der Waals surface area contributed by atoms with E-state index in [4.69, 9.17) is 9.47 Å². The van der Waals surface area contributed by atoms with Crippen LogP contribution in [0.25, 0.3) is 0 Å². The van der Waals surface area contributed by atoms with E-state index in [0.29, 0.717) is 44.6 Å². The molecule has 2 aliphatic heterocycles.